The summed E-state index contributed by atoms with van der Waals surface area (Å²) in [5.74, 6) is -0.855. The molecule has 4 heteroatoms. The minimum absolute atomic E-state index is 0.251. The first-order valence-corrected chi connectivity index (χ1v) is 6.93. The molecule has 0 amide bonds. The fourth-order valence-corrected chi connectivity index (χ4v) is 2.21. The van der Waals surface area contributed by atoms with Crippen LogP contribution in [-0.4, -0.2) is 10.5 Å². The Morgan fingerprint density at radius 1 is 1.22 bits per heavy atom. The van der Waals surface area contributed by atoms with E-state index in [2.05, 4.69) is 6.92 Å². The summed E-state index contributed by atoms with van der Waals surface area (Å²) in [6, 6.07) is 0. The maximum Gasteiger partial charge on any atom is 0.304 e. The van der Waals surface area contributed by atoms with Crippen LogP contribution in [0.4, 0.5) is 0 Å². The highest BCUT2D eigenvalue weighted by atomic mass is 16.4. The molecule has 1 aromatic heterocycles. The topological polar surface area (TPSA) is 48.9 Å². The molecule has 1 aromatic rings. The highest BCUT2D eigenvalue weighted by molar-refractivity contribution is 5.79. The van der Waals surface area contributed by atoms with Gasteiger partial charge in [0.15, 0.2) is 5.97 Å². The Kier molecular flexibility index (Phi) is 6.47. The minimum atomic E-state index is -1.11. The van der Waals surface area contributed by atoms with E-state index in [-0.39, 0.29) is 5.82 Å². The van der Waals surface area contributed by atoms with Crippen molar-refractivity contribution in [1.29, 1.82) is 0 Å². The zero-order valence-corrected chi connectivity index (χ0v) is 11.5. The van der Waals surface area contributed by atoms with Crippen LogP contribution in [0.1, 0.15) is 62.5 Å². The molecular weight excluding hydrogens is 228 g/mol. The predicted molar refractivity (Wildman–Crippen MR) is 67.9 cm³/mol. The van der Waals surface area contributed by atoms with Crippen molar-refractivity contribution in [2.75, 3.05) is 0 Å². The number of imidazole rings is 1. The Morgan fingerprint density at radius 2 is 1.83 bits per heavy atom. The van der Waals surface area contributed by atoms with Gasteiger partial charge in [0.05, 0.1) is 13.6 Å². The van der Waals surface area contributed by atoms with Crippen molar-refractivity contribution in [2.24, 2.45) is 7.05 Å². The molecule has 0 spiro atoms. The average molecular weight is 252 g/mol. The number of aromatic nitrogens is 2. The average Bonchev–Trinajstić information content (AvgIpc) is 2.69. The molecule has 1 heterocycles. The normalized spacial score (nSPS) is 10.8. The zero-order chi connectivity index (χ0) is 13.4. The van der Waals surface area contributed by atoms with Gasteiger partial charge in [-0.2, -0.15) is 0 Å². The molecule has 0 N–H and O–H groups in total. The summed E-state index contributed by atoms with van der Waals surface area (Å²) in [6.45, 7) is 2.98. The van der Waals surface area contributed by atoms with Crippen molar-refractivity contribution in [2.45, 2.75) is 58.4 Å². The van der Waals surface area contributed by atoms with Crippen LogP contribution in [-0.2, 0) is 13.6 Å². The largest absolute Gasteiger partial charge is 0.538 e. The summed E-state index contributed by atoms with van der Waals surface area (Å²) >= 11 is 0. The number of hydrogen-bond donors (Lipinski definition) is 0. The summed E-state index contributed by atoms with van der Waals surface area (Å²) in [4.78, 5) is 11.0. The highest BCUT2D eigenvalue weighted by Gasteiger charge is 2.14. The molecule has 0 aliphatic carbocycles. The number of aryl methyl sites for hydroxylation is 2. The van der Waals surface area contributed by atoms with Crippen LogP contribution >= 0.6 is 0 Å². The highest BCUT2D eigenvalue weighted by Crippen LogP contribution is 2.08. The summed E-state index contributed by atoms with van der Waals surface area (Å²) in [7, 11) is 1.73. The van der Waals surface area contributed by atoms with E-state index in [0.717, 1.165) is 19.4 Å². The van der Waals surface area contributed by atoms with E-state index >= 15 is 0 Å². The van der Waals surface area contributed by atoms with Gasteiger partial charge in [-0.15, -0.1) is 0 Å². The molecule has 0 aliphatic rings. The van der Waals surface area contributed by atoms with Gasteiger partial charge in [0.1, 0.15) is 12.4 Å². The molecule has 0 bridgehead atoms. The van der Waals surface area contributed by atoms with Crippen molar-refractivity contribution >= 4 is 5.97 Å². The van der Waals surface area contributed by atoms with Crippen molar-refractivity contribution in [3.05, 3.63) is 18.2 Å². The van der Waals surface area contributed by atoms with Gasteiger partial charge in [0.2, 0.25) is 0 Å². The van der Waals surface area contributed by atoms with Crippen LogP contribution < -0.4 is 9.67 Å². The number of carbonyl (C=O) groups excluding carboxylic acids is 1. The van der Waals surface area contributed by atoms with Crippen LogP contribution in [0.2, 0.25) is 0 Å². The smallest absolute Gasteiger partial charge is 0.304 e. The van der Waals surface area contributed by atoms with E-state index in [1.54, 1.807) is 22.4 Å². The molecule has 0 fully saturated rings. The van der Waals surface area contributed by atoms with Gasteiger partial charge in [-0.05, 0) is 12.8 Å². The van der Waals surface area contributed by atoms with E-state index in [4.69, 9.17) is 0 Å². The first kappa shape index (κ1) is 14.7. The first-order valence-electron chi connectivity index (χ1n) is 6.93. The quantitative estimate of drug-likeness (QED) is 0.493. The fourth-order valence-electron chi connectivity index (χ4n) is 2.21. The maximum absolute atomic E-state index is 11.0. The Bertz CT molecular complexity index is 372. The molecule has 4 nitrogen and oxygen atoms in total. The van der Waals surface area contributed by atoms with E-state index in [0.29, 0.717) is 0 Å². The molecule has 0 aromatic carbocycles. The minimum Gasteiger partial charge on any atom is -0.538 e. The Labute approximate surface area is 109 Å². The molecule has 0 unspecified atom stereocenters. The van der Waals surface area contributed by atoms with E-state index in [1.165, 1.54) is 32.1 Å². The summed E-state index contributed by atoms with van der Waals surface area (Å²) in [6.07, 6.45) is 12.2. The molecule has 0 radical (unpaired) electrons. The van der Waals surface area contributed by atoms with Crippen LogP contribution in [0.25, 0.3) is 0 Å². The second kappa shape index (κ2) is 7.90. The molecule has 18 heavy (non-hydrogen) atoms. The van der Waals surface area contributed by atoms with Crippen LogP contribution in [0, 0.1) is 0 Å². The second-order valence-corrected chi connectivity index (χ2v) is 4.83. The molecule has 0 saturated carbocycles. The fraction of sp³-hybridized carbons (Fsp3) is 0.714. The number of unbranched alkanes of at least 4 members (excludes halogenated alkanes) is 6. The van der Waals surface area contributed by atoms with Gasteiger partial charge < -0.3 is 9.90 Å². The second-order valence-electron chi connectivity index (χ2n) is 4.83. The van der Waals surface area contributed by atoms with E-state index in [1.807, 2.05) is 6.20 Å². The van der Waals surface area contributed by atoms with Crippen molar-refractivity contribution < 1.29 is 14.5 Å². The number of carboxylic acids is 1. The van der Waals surface area contributed by atoms with Crippen LogP contribution in [0.15, 0.2) is 12.4 Å². The number of carbonyl (C=O) groups is 1. The third-order valence-corrected chi connectivity index (χ3v) is 3.26. The monoisotopic (exact) mass is 252 g/mol. The lowest BCUT2D eigenvalue weighted by atomic mass is 10.1. The van der Waals surface area contributed by atoms with Gasteiger partial charge in [-0.25, -0.2) is 9.13 Å². The third-order valence-electron chi connectivity index (χ3n) is 3.26. The molecule has 0 atom stereocenters. The van der Waals surface area contributed by atoms with Crippen LogP contribution in [0.3, 0.4) is 0 Å². The molecule has 1 rings (SSSR count). The van der Waals surface area contributed by atoms with Crippen molar-refractivity contribution in [3.63, 3.8) is 0 Å². The van der Waals surface area contributed by atoms with Crippen molar-refractivity contribution in [3.8, 4) is 0 Å². The number of carboxylic acid groups (broad SMARTS) is 1. The van der Waals surface area contributed by atoms with Gasteiger partial charge >= 0.3 is 5.82 Å². The van der Waals surface area contributed by atoms with Crippen LogP contribution in [0.5, 0.6) is 0 Å². The maximum atomic E-state index is 11.0. The standard InChI is InChI=1S/C14H24N2O2/c1-3-4-5-6-7-8-9-10-16-12-11-15(2)13(16)14(17)18/h11-12H,3-10H2,1-2H3. The first-order chi connectivity index (χ1) is 8.66. The Morgan fingerprint density at radius 3 is 2.44 bits per heavy atom. The lowest BCUT2D eigenvalue weighted by Gasteiger charge is -2.03. The van der Waals surface area contributed by atoms with E-state index < -0.39 is 5.97 Å². The van der Waals surface area contributed by atoms with Gasteiger partial charge in [-0.1, -0.05) is 39.0 Å². The molecule has 0 aliphatic heterocycles. The van der Waals surface area contributed by atoms with Gasteiger partial charge in [-0.3, -0.25) is 0 Å². The molecule has 102 valence electrons. The Balaban J connectivity index is 2.25. The number of aromatic carboxylic acids is 1. The predicted octanol–water partition coefficient (Wildman–Crippen LogP) is 1.43. The zero-order valence-electron chi connectivity index (χ0n) is 11.5. The lowest BCUT2D eigenvalue weighted by Crippen LogP contribution is -2.41. The molecular formula is C14H24N2O2. The Hall–Kier alpha value is -1.32. The lowest BCUT2D eigenvalue weighted by molar-refractivity contribution is -0.675. The van der Waals surface area contributed by atoms with Crippen molar-refractivity contribution in [1.82, 2.24) is 4.57 Å². The summed E-state index contributed by atoms with van der Waals surface area (Å²) in [5, 5.41) is 11.0. The summed E-state index contributed by atoms with van der Waals surface area (Å²) < 4.78 is 3.36. The number of nitrogens with zero attached hydrogens (tertiary/aromatic N) is 2. The molecule has 0 saturated heterocycles. The number of rotatable bonds is 9. The van der Waals surface area contributed by atoms with Gasteiger partial charge in [0, 0.05) is 0 Å². The SMILES string of the molecule is CCCCCCCCCn1cc[n+](C)c1C(=O)[O-]. The van der Waals surface area contributed by atoms with E-state index in [9.17, 15) is 9.90 Å². The third kappa shape index (κ3) is 4.51. The number of hydrogen-bond acceptors (Lipinski definition) is 2. The summed E-state index contributed by atoms with van der Waals surface area (Å²) in [5.41, 5.74) is 0. The van der Waals surface area contributed by atoms with Gasteiger partial charge in [0.25, 0.3) is 0 Å².